The summed E-state index contributed by atoms with van der Waals surface area (Å²) < 4.78 is 0. The zero-order valence-corrected chi connectivity index (χ0v) is 6.43. The molecule has 0 atom stereocenters. The third kappa shape index (κ3) is 5.39. The number of amidine groups is 1. The molecule has 0 heterocycles. The van der Waals surface area contributed by atoms with Gasteiger partial charge in [0.05, 0.1) is 10.8 Å². The van der Waals surface area contributed by atoms with E-state index in [0.29, 0.717) is 17.4 Å². The Morgan fingerprint density at radius 1 is 1.67 bits per heavy atom. The highest BCUT2D eigenvalue weighted by Crippen LogP contribution is 1.68. The van der Waals surface area contributed by atoms with Gasteiger partial charge in [-0.1, -0.05) is 12.2 Å². The summed E-state index contributed by atoms with van der Waals surface area (Å²) in [5.41, 5.74) is 0. The van der Waals surface area contributed by atoms with E-state index < -0.39 is 0 Å². The summed E-state index contributed by atoms with van der Waals surface area (Å²) in [5.74, 6) is 0.384. The molecular formula is C5H11N3S. The van der Waals surface area contributed by atoms with Gasteiger partial charge in [0, 0.05) is 6.54 Å². The first-order chi connectivity index (χ1) is 4.16. The maximum atomic E-state index is 6.98. The van der Waals surface area contributed by atoms with Crippen molar-refractivity contribution in [1.82, 2.24) is 10.6 Å². The second-order valence-electron chi connectivity index (χ2n) is 1.70. The Balaban J connectivity index is 3.39. The number of thiocarbonyl (C=S) groups is 1. The lowest BCUT2D eigenvalue weighted by molar-refractivity contribution is 0.939. The first kappa shape index (κ1) is 8.52. The Kier molecular flexibility index (Phi) is 4.17. The number of nitrogens with one attached hydrogen (secondary N) is 3. The summed E-state index contributed by atoms with van der Waals surface area (Å²) in [4.78, 5) is 0.657. The molecule has 0 radical (unpaired) electrons. The van der Waals surface area contributed by atoms with Crippen molar-refractivity contribution in [2.24, 2.45) is 0 Å². The van der Waals surface area contributed by atoms with Gasteiger partial charge in [-0.2, -0.15) is 0 Å². The summed E-state index contributed by atoms with van der Waals surface area (Å²) in [6.45, 7) is 2.29. The maximum Gasteiger partial charge on any atom is 0.0948 e. The molecule has 0 fully saturated rings. The fourth-order valence-electron chi connectivity index (χ4n) is 0.414. The normalized spacial score (nSPS) is 8.67. The van der Waals surface area contributed by atoms with E-state index in [2.05, 4.69) is 10.6 Å². The van der Waals surface area contributed by atoms with E-state index in [-0.39, 0.29) is 0 Å². The number of hydrogen-bond donors (Lipinski definition) is 3. The molecule has 0 spiro atoms. The third-order valence-corrected chi connectivity index (χ3v) is 0.911. The van der Waals surface area contributed by atoms with Crippen LogP contribution < -0.4 is 10.6 Å². The third-order valence-electron chi connectivity index (χ3n) is 0.664. The molecule has 0 aromatic rings. The van der Waals surface area contributed by atoms with Gasteiger partial charge in [0.1, 0.15) is 0 Å². The standard InChI is InChI=1S/C5H11N3S/c1-4(6)8-5(9)3-7-2/h7H,3H2,1-2H3,(H2,6,8,9). The van der Waals surface area contributed by atoms with E-state index in [4.69, 9.17) is 17.6 Å². The van der Waals surface area contributed by atoms with Crippen LogP contribution in [0.2, 0.25) is 0 Å². The Bertz CT molecular complexity index is 121. The largest absolute Gasteiger partial charge is 0.338 e. The van der Waals surface area contributed by atoms with Crippen molar-refractivity contribution in [2.75, 3.05) is 13.6 Å². The Morgan fingerprint density at radius 3 is 2.56 bits per heavy atom. The lowest BCUT2D eigenvalue weighted by Crippen LogP contribution is -2.33. The van der Waals surface area contributed by atoms with Gasteiger partial charge >= 0.3 is 0 Å². The summed E-state index contributed by atoms with van der Waals surface area (Å²) >= 11 is 4.81. The van der Waals surface area contributed by atoms with Gasteiger partial charge in [0.25, 0.3) is 0 Å². The molecule has 3 nitrogen and oxygen atoms in total. The second kappa shape index (κ2) is 4.40. The quantitative estimate of drug-likeness (QED) is 0.294. The van der Waals surface area contributed by atoms with Crippen molar-refractivity contribution in [1.29, 1.82) is 5.41 Å². The molecule has 0 aromatic heterocycles. The fourth-order valence-corrected chi connectivity index (χ4v) is 0.711. The zero-order chi connectivity index (χ0) is 7.28. The molecule has 3 N–H and O–H groups in total. The van der Waals surface area contributed by atoms with Gasteiger partial charge in [0.2, 0.25) is 0 Å². The van der Waals surface area contributed by atoms with Crippen LogP contribution in [-0.4, -0.2) is 24.4 Å². The first-order valence-electron chi connectivity index (χ1n) is 2.66. The summed E-state index contributed by atoms with van der Waals surface area (Å²) in [7, 11) is 1.81. The molecule has 9 heavy (non-hydrogen) atoms. The van der Waals surface area contributed by atoms with E-state index in [1.807, 2.05) is 7.05 Å². The Morgan fingerprint density at radius 2 is 2.22 bits per heavy atom. The molecular weight excluding hydrogens is 134 g/mol. The SMILES string of the molecule is CNCC(=S)NC(C)=N. The van der Waals surface area contributed by atoms with Crippen LogP contribution in [0.15, 0.2) is 0 Å². The number of rotatable bonds is 2. The average Bonchev–Trinajstić information content (AvgIpc) is 1.63. The second-order valence-corrected chi connectivity index (χ2v) is 2.20. The van der Waals surface area contributed by atoms with Crippen LogP contribution in [-0.2, 0) is 0 Å². The van der Waals surface area contributed by atoms with Crippen LogP contribution in [0.4, 0.5) is 0 Å². The topological polar surface area (TPSA) is 47.9 Å². The Labute approximate surface area is 60.3 Å². The Hall–Kier alpha value is -0.480. The van der Waals surface area contributed by atoms with E-state index in [0.717, 1.165) is 0 Å². The number of hydrogen-bond acceptors (Lipinski definition) is 3. The molecule has 0 saturated heterocycles. The predicted molar refractivity (Wildman–Crippen MR) is 43.1 cm³/mol. The van der Waals surface area contributed by atoms with E-state index >= 15 is 0 Å². The highest BCUT2D eigenvalue weighted by molar-refractivity contribution is 7.80. The van der Waals surface area contributed by atoms with Gasteiger partial charge in [-0.05, 0) is 14.0 Å². The molecule has 0 aliphatic carbocycles. The molecule has 52 valence electrons. The van der Waals surface area contributed by atoms with Gasteiger partial charge in [-0.3, -0.25) is 5.41 Å². The smallest absolute Gasteiger partial charge is 0.0948 e. The monoisotopic (exact) mass is 145 g/mol. The highest BCUT2D eigenvalue weighted by Gasteiger charge is 1.91. The lowest BCUT2D eigenvalue weighted by atomic mass is 10.5. The van der Waals surface area contributed by atoms with E-state index in [9.17, 15) is 0 Å². The molecule has 0 aromatic carbocycles. The van der Waals surface area contributed by atoms with Gasteiger partial charge < -0.3 is 10.6 Å². The van der Waals surface area contributed by atoms with E-state index in [1.54, 1.807) is 6.92 Å². The molecule has 0 aliphatic rings. The zero-order valence-electron chi connectivity index (χ0n) is 5.62. The van der Waals surface area contributed by atoms with Crippen molar-refractivity contribution in [2.45, 2.75) is 6.92 Å². The van der Waals surface area contributed by atoms with E-state index in [1.165, 1.54) is 0 Å². The predicted octanol–water partition coefficient (Wildman–Crippen LogP) is 0.120. The van der Waals surface area contributed by atoms with Crippen molar-refractivity contribution < 1.29 is 0 Å². The van der Waals surface area contributed by atoms with Crippen molar-refractivity contribution in [3.8, 4) is 0 Å². The van der Waals surface area contributed by atoms with Crippen LogP contribution in [0.3, 0.4) is 0 Å². The molecule has 0 bridgehead atoms. The first-order valence-corrected chi connectivity index (χ1v) is 3.07. The summed E-state index contributed by atoms with van der Waals surface area (Å²) in [6.07, 6.45) is 0. The fraction of sp³-hybridized carbons (Fsp3) is 0.600. The lowest BCUT2D eigenvalue weighted by Gasteiger charge is -2.02. The summed E-state index contributed by atoms with van der Waals surface area (Å²) in [6, 6.07) is 0. The number of likely N-dealkylation sites (N-methyl/N-ethyl adjacent to an activating group) is 1. The van der Waals surface area contributed by atoms with Gasteiger partial charge in [-0.15, -0.1) is 0 Å². The van der Waals surface area contributed by atoms with Crippen LogP contribution in [0.5, 0.6) is 0 Å². The van der Waals surface area contributed by atoms with Gasteiger partial charge in [0.15, 0.2) is 0 Å². The van der Waals surface area contributed by atoms with Crippen LogP contribution in [0, 0.1) is 5.41 Å². The minimum Gasteiger partial charge on any atom is -0.338 e. The van der Waals surface area contributed by atoms with Crippen molar-refractivity contribution >= 4 is 23.0 Å². The average molecular weight is 145 g/mol. The van der Waals surface area contributed by atoms with Gasteiger partial charge in [-0.25, -0.2) is 0 Å². The highest BCUT2D eigenvalue weighted by atomic mass is 32.1. The summed E-state index contributed by atoms with van der Waals surface area (Å²) in [5, 5.41) is 12.5. The molecule has 0 unspecified atom stereocenters. The molecule has 0 rings (SSSR count). The molecule has 0 aliphatic heterocycles. The minimum atomic E-state index is 0.384. The van der Waals surface area contributed by atoms with Crippen LogP contribution in [0.1, 0.15) is 6.92 Å². The molecule has 0 amide bonds. The molecule has 0 saturated carbocycles. The van der Waals surface area contributed by atoms with Crippen molar-refractivity contribution in [3.63, 3.8) is 0 Å². The van der Waals surface area contributed by atoms with Crippen LogP contribution in [0.25, 0.3) is 0 Å². The maximum absolute atomic E-state index is 6.98. The minimum absolute atomic E-state index is 0.384. The molecule has 4 heteroatoms. The van der Waals surface area contributed by atoms with Crippen LogP contribution >= 0.6 is 12.2 Å². The van der Waals surface area contributed by atoms with Crippen molar-refractivity contribution in [3.05, 3.63) is 0 Å².